The van der Waals surface area contributed by atoms with Gasteiger partial charge >= 0.3 is 0 Å². The lowest BCUT2D eigenvalue weighted by Gasteiger charge is -2.51. The zero-order valence-electron chi connectivity index (χ0n) is 14.5. The van der Waals surface area contributed by atoms with Crippen molar-refractivity contribution in [1.82, 2.24) is 9.88 Å². The number of pyridine rings is 1. The van der Waals surface area contributed by atoms with Gasteiger partial charge in [0, 0.05) is 24.2 Å². The number of para-hydroxylation sites is 1. The van der Waals surface area contributed by atoms with Crippen molar-refractivity contribution in [2.24, 2.45) is 11.8 Å². The van der Waals surface area contributed by atoms with Crippen LogP contribution >= 0.6 is 0 Å². The molecule has 3 saturated heterocycles. The van der Waals surface area contributed by atoms with Crippen LogP contribution in [0.1, 0.15) is 24.5 Å². The van der Waals surface area contributed by atoms with Crippen LogP contribution in [-0.2, 0) is 4.74 Å². The van der Waals surface area contributed by atoms with Crippen molar-refractivity contribution in [2.75, 3.05) is 19.7 Å². The molecule has 128 valence electrons. The molecule has 0 aliphatic carbocycles. The molecule has 25 heavy (non-hydrogen) atoms. The summed E-state index contributed by atoms with van der Waals surface area (Å²) in [6, 6.07) is 10.7. The monoisotopic (exact) mass is 332 g/mol. The zero-order chi connectivity index (χ0) is 17.2. The van der Waals surface area contributed by atoms with Gasteiger partial charge in [0.15, 0.2) is 0 Å². The molecule has 2 bridgehead atoms. The first-order chi connectivity index (χ1) is 12.3. The maximum Gasteiger partial charge on any atom is 0.108 e. The summed E-state index contributed by atoms with van der Waals surface area (Å²) >= 11 is 0. The third kappa shape index (κ3) is 2.97. The molecule has 0 amide bonds. The van der Waals surface area contributed by atoms with E-state index >= 15 is 0 Å². The highest BCUT2D eigenvalue weighted by Gasteiger charge is 2.43. The molecule has 1 aromatic carbocycles. The molecule has 0 N–H and O–H groups in total. The summed E-state index contributed by atoms with van der Waals surface area (Å²) in [4.78, 5) is 7.07. The quantitative estimate of drug-likeness (QED) is 0.615. The Kier molecular flexibility index (Phi) is 4.57. The van der Waals surface area contributed by atoms with Gasteiger partial charge in [-0.25, -0.2) is 0 Å². The number of nitrogens with zero attached hydrogens (tertiary/aromatic N) is 2. The van der Waals surface area contributed by atoms with Crippen molar-refractivity contribution >= 4 is 10.9 Å². The lowest BCUT2D eigenvalue weighted by Crippen LogP contribution is -2.55. The number of fused-ring (bicyclic) bond motifs is 4. The standard InChI is InChI=1S/C22H24N2O/c1-3-13-25-22(19-9-11-23-20-8-6-5-7-18(19)20)21-14-17-10-12-24(21)15-16(17)4-2/h1,4-9,11,16-17,21-22H,2,10,12-15H2/t16?,17-,21+,22-/m0/s1. The summed E-state index contributed by atoms with van der Waals surface area (Å²) in [7, 11) is 0. The third-order valence-electron chi connectivity index (χ3n) is 5.84. The van der Waals surface area contributed by atoms with Crippen LogP contribution in [0, 0.1) is 24.2 Å². The van der Waals surface area contributed by atoms with Crippen LogP contribution in [0.3, 0.4) is 0 Å². The fourth-order valence-electron chi connectivity index (χ4n) is 4.60. The predicted octanol–water partition coefficient (Wildman–Crippen LogP) is 3.82. The first-order valence-corrected chi connectivity index (χ1v) is 9.07. The Morgan fingerprint density at radius 3 is 3.04 bits per heavy atom. The van der Waals surface area contributed by atoms with Crippen molar-refractivity contribution in [3.05, 3.63) is 54.7 Å². The molecule has 0 saturated carbocycles. The van der Waals surface area contributed by atoms with Crippen molar-refractivity contribution in [3.63, 3.8) is 0 Å². The van der Waals surface area contributed by atoms with Gasteiger partial charge in [-0.3, -0.25) is 9.88 Å². The highest BCUT2D eigenvalue weighted by atomic mass is 16.5. The first-order valence-electron chi connectivity index (χ1n) is 9.07. The molecule has 2 unspecified atom stereocenters. The number of hydrogen-bond acceptors (Lipinski definition) is 3. The normalized spacial score (nSPS) is 29.2. The van der Waals surface area contributed by atoms with Gasteiger partial charge in [0.1, 0.15) is 6.61 Å². The molecular formula is C22H24N2O. The number of aromatic nitrogens is 1. The molecule has 3 aliphatic rings. The lowest BCUT2D eigenvalue weighted by molar-refractivity contribution is -0.0673. The third-order valence-corrected chi connectivity index (χ3v) is 5.84. The van der Waals surface area contributed by atoms with Crippen molar-refractivity contribution < 1.29 is 4.74 Å². The van der Waals surface area contributed by atoms with Crippen molar-refractivity contribution in [3.8, 4) is 12.3 Å². The lowest BCUT2D eigenvalue weighted by atomic mass is 9.73. The van der Waals surface area contributed by atoms with E-state index < -0.39 is 0 Å². The summed E-state index contributed by atoms with van der Waals surface area (Å²) in [6.45, 7) is 6.58. The number of ether oxygens (including phenoxy) is 1. The second-order valence-electron chi connectivity index (χ2n) is 7.10. The second-order valence-corrected chi connectivity index (χ2v) is 7.10. The van der Waals surface area contributed by atoms with E-state index in [1.807, 2.05) is 12.3 Å². The van der Waals surface area contributed by atoms with Gasteiger partial charge in [0.05, 0.1) is 11.6 Å². The summed E-state index contributed by atoms with van der Waals surface area (Å²) in [6.07, 6.45) is 11.9. The van der Waals surface area contributed by atoms with E-state index in [4.69, 9.17) is 11.2 Å². The summed E-state index contributed by atoms with van der Waals surface area (Å²) in [5, 5.41) is 1.16. The van der Waals surface area contributed by atoms with Crippen molar-refractivity contribution in [2.45, 2.75) is 25.0 Å². The van der Waals surface area contributed by atoms with Gasteiger partial charge in [-0.15, -0.1) is 13.0 Å². The van der Waals surface area contributed by atoms with E-state index in [0.29, 0.717) is 24.5 Å². The van der Waals surface area contributed by atoms with Crippen LogP contribution in [0.15, 0.2) is 49.2 Å². The average Bonchev–Trinajstić information content (AvgIpc) is 2.69. The van der Waals surface area contributed by atoms with Crippen LogP contribution in [0.4, 0.5) is 0 Å². The van der Waals surface area contributed by atoms with E-state index in [-0.39, 0.29) is 6.10 Å². The van der Waals surface area contributed by atoms with E-state index in [1.54, 1.807) is 0 Å². The minimum atomic E-state index is -0.0162. The topological polar surface area (TPSA) is 25.4 Å². The summed E-state index contributed by atoms with van der Waals surface area (Å²) in [5.41, 5.74) is 2.21. The highest BCUT2D eigenvalue weighted by molar-refractivity contribution is 5.82. The minimum Gasteiger partial charge on any atom is -0.359 e. The Balaban J connectivity index is 1.72. The Hall–Kier alpha value is -2.15. The zero-order valence-corrected chi connectivity index (χ0v) is 14.5. The molecule has 2 aromatic rings. The van der Waals surface area contributed by atoms with Gasteiger partial charge in [-0.1, -0.05) is 30.2 Å². The number of hydrogen-bond donors (Lipinski definition) is 0. The van der Waals surface area contributed by atoms with E-state index in [9.17, 15) is 0 Å². The molecule has 0 radical (unpaired) electrons. The van der Waals surface area contributed by atoms with Crippen LogP contribution in [0.2, 0.25) is 0 Å². The van der Waals surface area contributed by atoms with Crippen LogP contribution in [-0.4, -0.2) is 35.6 Å². The molecule has 3 aliphatic heterocycles. The number of terminal acetylenes is 1. The Labute approximate surface area is 149 Å². The van der Waals surface area contributed by atoms with Gasteiger partial charge in [0.2, 0.25) is 0 Å². The minimum absolute atomic E-state index is 0.0162. The average molecular weight is 332 g/mol. The Morgan fingerprint density at radius 1 is 1.40 bits per heavy atom. The van der Waals surface area contributed by atoms with Crippen molar-refractivity contribution in [1.29, 1.82) is 0 Å². The molecule has 3 fully saturated rings. The molecule has 4 heterocycles. The van der Waals surface area contributed by atoms with E-state index in [0.717, 1.165) is 30.4 Å². The molecule has 0 spiro atoms. The predicted molar refractivity (Wildman–Crippen MR) is 101 cm³/mol. The molecule has 5 rings (SSSR count). The summed E-state index contributed by atoms with van der Waals surface area (Å²) < 4.78 is 6.22. The Bertz CT molecular complexity index is 804. The van der Waals surface area contributed by atoms with Gasteiger partial charge < -0.3 is 4.74 Å². The maximum absolute atomic E-state index is 6.22. The summed E-state index contributed by atoms with van der Waals surface area (Å²) in [5.74, 6) is 3.96. The highest BCUT2D eigenvalue weighted by Crippen LogP contribution is 2.43. The SMILES string of the molecule is C#CCO[C@@H](c1ccnc2ccccc12)[C@H]1C[C@@H]2CCN1CC2C=C. The fourth-order valence-corrected chi connectivity index (χ4v) is 4.60. The second kappa shape index (κ2) is 7.00. The molecule has 1 aromatic heterocycles. The van der Waals surface area contributed by atoms with Gasteiger partial charge in [-0.05, 0) is 48.9 Å². The van der Waals surface area contributed by atoms with Gasteiger partial charge in [-0.2, -0.15) is 0 Å². The first kappa shape index (κ1) is 16.3. The number of piperidine rings is 3. The molecule has 3 nitrogen and oxygen atoms in total. The maximum atomic E-state index is 6.22. The number of benzene rings is 1. The van der Waals surface area contributed by atoms with E-state index in [1.165, 1.54) is 12.0 Å². The Morgan fingerprint density at radius 2 is 2.28 bits per heavy atom. The largest absolute Gasteiger partial charge is 0.359 e. The van der Waals surface area contributed by atoms with Gasteiger partial charge in [0.25, 0.3) is 0 Å². The smallest absolute Gasteiger partial charge is 0.108 e. The van der Waals surface area contributed by atoms with Crippen LogP contribution < -0.4 is 0 Å². The molecule has 5 atom stereocenters. The van der Waals surface area contributed by atoms with Crippen LogP contribution in [0.25, 0.3) is 10.9 Å². The molecule has 3 heteroatoms. The fraction of sp³-hybridized carbons (Fsp3) is 0.409. The van der Waals surface area contributed by atoms with Crippen LogP contribution in [0.5, 0.6) is 0 Å². The number of rotatable bonds is 5. The molecular weight excluding hydrogens is 308 g/mol. The van der Waals surface area contributed by atoms with E-state index in [2.05, 4.69) is 52.7 Å².